The number of nitrogens with zero attached hydrogens (tertiary/aromatic N) is 4. The summed E-state index contributed by atoms with van der Waals surface area (Å²) in [6.07, 6.45) is 5.71. The van der Waals surface area contributed by atoms with Crippen LogP contribution in [0, 0.1) is 0 Å². The topological polar surface area (TPSA) is 95.8 Å². The van der Waals surface area contributed by atoms with Gasteiger partial charge < -0.3 is 19.7 Å². The van der Waals surface area contributed by atoms with Gasteiger partial charge in [-0.15, -0.1) is 0 Å². The molecular weight excluding hydrogens is 418 g/mol. The molecule has 0 radical (unpaired) electrons. The molecule has 5 heterocycles. The van der Waals surface area contributed by atoms with Crippen molar-refractivity contribution in [2.75, 3.05) is 19.8 Å². The minimum atomic E-state index is -0.558. The number of nitrogens with one attached hydrogen (secondary N) is 1. The lowest BCUT2D eigenvalue weighted by Crippen LogP contribution is -2.30. The second-order valence-corrected chi connectivity index (χ2v) is 9.09. The summed E-state index contributed by atoms with van der Waals surface area (Å²) in [7, 11) is 0. The lowest BCUT2D eigenvalue weighted by Gasteiger charge is -2.22. The van der Waals surface area contributed by atoms with Crippen molar-refractivity contribution in [2.45, 2.75) is 44.2 Å². The van der Waals surface area contributed by atoms with Gasteiger partial charge in [0.15, 0.2) is 5.65 Å². The number of likely N-dealkylation sites (tertiary alicyclic amines) is 1. The number of aromatic nitrogens is 4. The first-order valence-electron chi connectivity index (χ1n) is 11.6. The van der Waals surface area contributed by atoms with Gasteiger partial charge in [-0.1, -0.05) is 24.3 Å². The number of amides is 1. The SMILES string of the molecule is CC(=O)N1C[C@H](O)C[C@@H]1c1nc(-c2ccc(C3CCOCC3)cc2)c2cnc3[nH]ccc3n12. The monoisotopic (exact) mass is 445 g/mol. The van der Waals surface area contributed by atoms with Crippen LogP contribution in [0.3, 0.4) is 0 Å². The molecule has 33 heavy (non-hydrogen) atoms. The lowest BCUT2D eigenvalue weighted by atomic mass is 9.91. The van der Waals surface area contributed by atoms with Crippen LogP contribution < -0.4 is 0 Å². The van der Waals surface area contributed by atoms with Gasteiger partial charge in [-0.25, -0.2) is 9.97 Å². The zero-order valence-electron chi connectivity index (χ0n) is 18.6. The fourth-order valence-corrected chi connectivity index (χ4v) is 5.37. The molecule has 6 rings (SSSR count). The van der Waals surface area contributed by atoms with Crippen LogP contribution in [0.4, 0.5) is 0 Å². The Kier molecular flexibility index (Phi) is 4.92. The average Bonchev–Trinajstić information content (AvgIpc) is 3.55. The summed E-state index contributed by atoms with van der Waals surface area (Å²) >= 11 is 0. The number of β-amino-alcohol motifs (C(OH)–C–C–N with tert-alkyl or cyclic N) is 1. The molecule has 2 atom stereocenters. The molecule has 8 heteroatoms. The molecule has 2 aliphatic rings. The van der Waals surface area contributed by atoms with Gasteiger partial charge in [0.05, 0.1) is 35.1 Å². The summed E-state index contributed by atoms with van der Waals surface area (Å²) in [5.74, 6) is 1.23. The zero-order valence-corrected chi connectivity index (χ0v) is 18.6. The van der Waals surface area contributed by atoms with E-state index in [9.17, 15) is 9.90 Å². The van der Waals surface area contributed by atoms with E-state index in [0.29, 0.717) is 18.9 Å². The summed E-state index contributed by atoms with van der Waals surface area (Å²) in [4.78, 5) is 26.9. The fourth-order valence-electron chi connectivity index (χ4n) is 5.37. The molecule has 2 saturated heterocycles. The Bertz CT molecular complexity index is 1320. The van der Waals surface area contributed by atoms with Gasteiger partial charge in [-0.05, 0) is 30.4 Å². The number of carbonyl (C=O) groups excluding carboxylic acids is 1. The van der Waals surface area contributed by atoms with Gasteiger partial charge in [-0.2, -0.15) is 0 Å². The van der Waals surface area contributed by atoms with Crippen molar-refractivity contribution >= 4 is 22.6 Å². The van der Waals surface area contributed by atoms with Gasteiger partial charge in [0.25, 0.3) is 0 Å². The largest absolute Gasteiger partial charge is 0.391 e. The highest BCUT2D eigenvalue weighted by Gasteiger charge is 2.37. The minimum Gasteiger partial charge on any atom is -0.391 e. The number of benzene rings is 1. The molecule has 8 nitrogen and oxygen atoms in total. The Morgan fingerprint density at radius 2 is 1.94 bits per heavy atom. The number of hydrogen-bond acceptors (Lipinski definition) is 5. The number of imidazole rings is 1. The van der Waals surface area contributed by atoms with Crippen LogP contribution in [0.25, 0.3) is 27.9 Å². The Morgan fingerprint density at radius 3 is 2.70 bits per heavy atom. The molecule has 2 aliphatic heterocycles. The number of aromatic amines is 1. The van der Waals surface area contributed by atoms with E-state index in [1.165, 1.54) is 5.56 Å². The number of fused-ring (bicyclic) bond motifs is 3. The van der Waals surface area contributed by atoms with E-state index in [4.69, 9.17) is 9.72 Å². The van der Waals surface area contributed by atoms with E-state index in [2.05, 4.69) is 38.6 Å². The number of aliphatic hydroxyl groups excluding tert-OH is 1. The standard InChI is InChI=1S/C25H27N5O3/c1-15(31)29-14-19(32)12-21(29)25-28-23(22-13-27-24-20(30(22)25)6-9-26-24)18-4-2-16(3-5-18)17-7-10-33-11-8-17/h2-6,9,13,17,19,21,26,32H,7-8,10-12,14H2,1H3/t19-,21-/m1/s1. The average molecular weight is 446 g/mol. The maximum Gasteiger partial charge on any atom is 0.220 e. The van der Waals surface area contributed by atoms with E-state index < -0.39 is 6.10 Å². The van der Waals surface area contributed by atoms with Crippen molar-refractivity contribution in [3.8, 4) is 11.3 Å². The summed E-state index contributed by atoms with van der Waals surface area (Å²) in [5, 5.41) is 10.3. The van der Waals surface area contributed by atoms with E-state index in [-0.39, 0.29) is 11.9 Å². The number of H-pyrrole nitrogens is 1. The van der Waals surface area contributed by atoms with Gasteiger partial charge in [0.1, 0.15) is 5.82 Å². The third kappa shape index (κ3) is 3.41. The Balaban J connectivity index is 1.48. The van der Waals surface area contributed by atoms with Crippen LogP contribution in [-0.2, 0) is 9.53 Å². The second-order valence-electron chi connectivity index (χ2n) is 9.09. The van der Waals surface area contributed by atoms with Crippen LogP contribution >= 0.6 is 0 Å². The van der Waals surface area contributed by atoms with E-state index in [1.807, 2.05) is 18.5 Å². The van der Waals surface area contributed by atoms with E-state index >= 15 is 0 Å². The molecule has 0 unspecified atom stereocenters. The third-order valence-corrected chi connectivity index (χ3v) is 7.06. The third-order valence-electron chi connectivity index (χ3n) is 7.06. The maximum absolute atomic E-state index is 12.3. The molecule has 4 aromatic rings. The highest BCUT2D eigenvalue weighted by molar-refractivity contribution is 5.84. The molecule has 0 aliphatic carbocycles. The fraction of sp³-hybridized carbons (Fsp3) is 0.400. The Labute approximate surface area is 191 Å². The normalized spacial score (nSPS) is 21.9. The summed E-state index contributed by atoms with van der Waals surface area (Å²) < 4.78 is 7.59. The number of aliphatic hydroxyl groups is 1. The number of ether oxygens (including phenoxy) is 1. The van der Waals surface area contributed by atoms with Crippen LogP contribution in [-0.4, -0.2) is 61.1 Å². The smallest absolute Gasteiger partial charge is 0.220 e. The van der Waals surface area contributed by atoms with Crippen molar-refractivity contribution in [3.63, 3.8) is 0 Å². The first-order valence-corrected chi connectivity index (χ1v) is 11.6. The van der Waals surface area contributed by atoms with Crippen molar-refractivity contribution < 1.29 is 14.6 Å². The van der Waals surface area contributed by atoms with Crippen LogP contribution in [0.1, 0.15) is 49.5 Å². The molecule has 0 spiro atoms. The van der Waals surface area contributed by atoms with Crippen molar-refractivity contribution in [1.82, 2.24) is 24.3 Å². The van der Waals surface area contributed by atoms with Crippen LogP contribution in [0.2, 0.25) is 0 Å². The predicted molar refractivity (Wildman–Crippen MR) is 124 cm³/mol. The summed E-state index contributed by atoms with van der Waals surface area (Å²) in [6, 6.07) is 10.3. The maximum atomic E-state index is 12.3. The zero-order chi connectivity index (χ0) is 22.5. The highest BCUT2D eigenvalue weighted by Crippen LogP contribution is 2.37. The van der Waals surface area contributed by atoms with Crippen LogP contribution in [0.5, 0.6) is 0 Å². The van der Waals surface area contributed by atoms with Gasteiger partial charge >= 0.3 is 0 Å². The Hall–Kier alpha value is -3.23. The quantitative estimate of drug-likeness (QED) is 0.504. The van der Waals surface area contributed by atoms with Gasteiger partial charge in [-0.3, -0.25) is 9.20 Å². The lowest BCUT2D eigenvalue weighted by molar-refractivity contribution is -0.130. The molecule has 170 valence electrons. The van der Waals surface area contributed by atoms with E-state index in [1.54, 1.807) is 11.8 Å². The number of carbonyl (C=O) groups is 1. The molecule has 1 amide bonds. The van der Waals surface area contributed by atoms with Gasteiger partial charge in [0, 0.05) is 44.9 Å². The summed E-state index contributed by atoms with van der Waals surface area (Å²) in [6.45, 7) is 3.51. The molecule has 0 bridgehead atoms. The first-order chi connectivity index (χ1) is 16.1. The van der Waals surface area contributed by atoms with Gasteiger partial charge in [0.2, 0.25) is 5.91 Å². The number of hydrogen-bond donors (Lipinski definition) is 2. The van der Waals surface area contributed by atoms with Crippen molar-refractivity contribution in [3.05, 3.63) is 54.1 Å². The first kappa shape index (κ1) is 20.4. The van der Waals surface area contributed by atoms with Crippen molar-refractivity contribution in [1.29, 1.82) is 0 Å². The minimum absolute atomic E-state index is 0.0602. The molecule has 2 fully saturated rings. The van der Waals surface area contributed by atoms with Crippen LogP contribution in [0.15, 0.2) is 42.7 Å². The Morgan fingerprint density at radius 1 is 1.15 bits per heavy atom. The number of rotatable bonds is 3. The molecular formula is C25H27N5O3. The predicted octanol–water partition coefficient (Wildman–Crippen LogP) is 3.43. The molecule has 0 saturated carbocycles. The van der Waals surface area contributed by atoms with E-state index in [0.717, 1.165) is 59.8 Å². The van der Waals surface area contributed by atoms with Crippen molar-refractivity contribution in [2.24, 2.45) is 0 Å². The molecule has 1 aromatic carbocycles. The highest BCUT2D eigenvalue weighted by atomic mass is 16.5. The molecule has 3 aromatic heterocycles. The second kappa shape index (κ2) is 7.97. The molecule has 2 N–H and O–H groups in total. The summed E-state index contributed by atoms with van der Waals surface area (Å²) in [5.41, 5.74) is 5.74.